The summed E-state index contributed by atoms with van der Waals surface area (Å²) < 4.78 is 6.45. The van der Waals surface area contributed by atoms with Crippen LogP contribution < -0.4 is 10.1 Å². The van der Waals surface area contributed by atoms with Gasteiger partial charge in [-0.15, -0.1) is 0 Å². The van der Waals surface area contributed by atoms with Crippen LogP contribution in [-0.2, 0) is 4.79 Å². The number of hydrogen-bond donors (Lipinski definition) is 1. The van der Waals surface area contributed by atoms with Crippen molar-refractivity contribution in [2.24, 2.45) is 0 Å². The van der Waals surface area contributed by atoms with E-state index < -0.39 is 0 Å². The van der Waals surface area contributed by atoms with Crippen molar-refractivity contribution in [3.63, 3.8) is 0 Å². The highest BCUT2D eigenvalue weighted by Gasteiger charge is 2.14. The summed E-state index contributed by atoms with van der Waals surface area (Å²) in [6.07, 6.45) is 0. The standard InChI is InChI=1S/C25H25BrN2O3/c1-3-28(4-2)25(30)20-11-8-12-21(15-20)27-24(29)17-31-23-14-13-19(16-22(23)26)18-9-6-5-7-10-18/h5-16H,3-4,17H2,1-2H3,(H,27,29). The van der Waals surface area contributed by atoms with Crippen LogP contribution in [0.25, 0.3) is 11.1 Å². The lowest BCUT2D eigenvalue weighted by Gasteiger charge is -2.19. The molecule has 0 saturated heterocycles. The predicted octanol–water partition coefficient (Wildman–Crippen LogP) is 5.62. The molecule has 0 radical (unpaired) electrons. The van der Waals surface area contributed by atoms with E-state index in [9.17, 15) is 9.59 Å². The molecule has 0 aliphatic carbocycles. The number of rotatable bonds is 8. The Morgan fingerprint density at radius 2 is 1.65 bits per heavy atom. The molecule has 0 atom stereocenters. The van der Waals surface area contributed by atoms with E-state index in [2.05, 4.69) is 21.2 Å². The summed E-state index contributed by atoms with van der Waals surface area (Å²) >= 11 is 3.52. The number of nitrogens with one attached hydrogen (secondary N) is 1. The molecule has 0 heterocycles. The van der Waals surface area contributed by atoms with Crippen LogP contribution in [0.1, 0.15) is 24.2 Å². The highest BCUT2D eigenvalue weighted by molar-refractivity contribution is 9.10. The van der Waals surface area contributed by atoms with E-state index in [0.29, 0.717) is 30.1 Å². The Labute approximate surface area is 191 Å². The molecule has 31 heavy (non-hydrogen) atoms. The minimum absolute atomic E-state index is 0.0558. The number of hydrogen-bond acceptors (Lipinski definition) is 3. The van der Waals surface area contributed by atoms with Gasteiger partial charge < -0.3 is 15.0 Å². The molecule has 0 aliphatic rings. The monoisotopic (exact) mass is 480 g/mol. The van der Waals surface area contributed by atoms with Gasteiger partial charge in [0.25, 0.3) is 11.8 Å². The summed E-state index contributed by atoms with van der Waals surface area (Å²) in [5, 5.41) is 2.79. The fourth-order valence-electron chi connectivity index (χ4n) is 3.19. The van der Waals surface area contributed by atoms with E-state index >= 15 is 0 Å². The fourth-order valence-corrected chi connectivity index (χ4v) is 3.69. The third kappa shape index (κ3) is 5.95. The van der Waals surface area contributed by atoms with E-state index in [1.165, 1.54) is 0 Å². The molecule has 160 valence electrons. The van der Waals surface area contributed by atoms with Crippen LogP contribution in [0.4, 0.5) is 5.69 Å². The van der Waals surface area contributed by atoms with Gasteiger partial charge in [-0.1, -0.05) is 42.5 Å². The molecule has 3 rings (SSSR count). The van der Waals surface area contributed by atoms with Crippen molar-refractivity contribution in [3.05, 3.63) is 82.8 Å². The SMILES string of the molecule is CCN(CC)C(=O)c1cccc(NC(=O)COc2ccc(-c3ccccc3)cc2Br)c1. The van der Waals surface area contributed by atoms with Crippen LogP contribution in [0, 0.1) is 0 Å². The van der Waals surface area contributed by atoms with E-state index in [1.807, 2.05) is 62.4 Å². The number of nitrogens with zero attached hydrogens (tertiary/aromatic N) is 1. The quantitative estimate of drug-likeness (QED) is 0.455. The summed E-state index contributed by atoms with van der Waals surface area (Å²) in [4.78, 5) is 26.6. The van der Waals surface area contributed by atoms with Crippen molar-refractivity contribution >= 4 is 33.4 Å². The van der Waals surface area contributed by atoms with Crippen LogP contribution in [0.15, 0.2) is 77.3 Å². The van der Waals surface area contributed by atoms with E-state index in [1.54, 1.807) is 29.2 Å². The molecule has 3 aromatic carbocycles. The molecule has 3 aromatic rings. The summed E-state index contributed by atoms with van der Waals surface area (Å²) in [5.41, 5.74) is 3.26. The lowest BCUT2D eigenvalue weighted by molar-refractivity contribution is -0.118. The van der Waals surface area contributed by atoms with Gasteiger partial charge in [-0.05, 0) is 71.2 Å². The van der Waals surface area contributed by atoms with Crippen molar-refractivity contribution in [2.75, 3.05) is 25.0 Å². The molecule has 6 heteroatoms. The molecule has 0 aliphatic heterocycles. The molecule has 0 unspecified atom stereocenters. The summed E-state index contributed by atoms with van der Waals surface area (Å²) in [6, 6.07) is 22.7. The Balaban J connectivity index is 1.61. The molecule has 0 spiro atoms. The molecule has 5 nitrogen and oxygen atoms in total. The van der Waals surface area contributed by atoms with E-state index in [-0.39, 0.29) is 18.4 Å². The van der Waals surface area contributed by atoms with Crippen molar-refractivity contribution < 1.29 is 14.3 Å². The third-order valence-electron chi connectivity index (χ3n) is 4.84. The first kappa shape index (κ1) is 22.6. The van der Waals surface area contributed by atoms with Gasteiger partial charge in [0.2, 0.25) is 0 Å². The van der Waals surface area contributed by atoms with Crippen LogP contribution in [-0.4, -0.2) is 36.4 Å². The van der Waals surface area contributed by atoms with Gasteiger partial charge in [0.15, 0.2) is 6.61 Å². The number of benzene rings is 3. The Morgan fingerprint density at radius 1 is 0.903 bits per heavy atom. The molecule has 0 bridgehead atoms. The molecule has 2 amide bonds. The first-order chi connectivity index (χ1) is 15.0. The Kier molecular flexibility index (Phi) is 7.84. The Morgan fingerprint density at radius 3 is 2.32 bits per heavy atom. The van der Waals surface area contributed by atoms with Crippen LogP contribution in [0.5, 0.6) is 5.75 Å². The van der Waals surface area contributed by atoms with Gasteiger partial charge in [0, 0.05) is 24.3 Å². The molecule has 0 saturated carbocycles. The summed E-state index contributed by atoms with van der Waals surface area (Å²) in [7, 11) is 0. The maximum atomic E-state index is 12.5. The van der Waals surface area contributed by atoms with Gasteiger partial charge in [-0.25, -0.2) is 0 Å². The average molecular weight is 481 g/mol. The maximum Gasteiger partial charge on any atom is 0.262 e. The largest absolute Gasteiger partial charge is 0.483 e. The van der Waals surface area contributed by atoms with Crippen molar-refractivity contribution in [1.29, 1.82) is 0 Å². The molecule has 0 aromatic heterocycles. The van der Waals surface area contributed by atoms with Gasteiger partial charge in [-0.3, -0.25) is 9.59 Å². The zero-order valence-corrected chi connectivity index (χ0v) is 19.2. The van der Waals surface area contributed by atoms with Crippen molar-refractivity contribution in [1.82, 2.24) is 4.90 Å². The summed E-state index contributed by atoms with van der Waals surface area (Å²) in [5.74, 6) is 0.228. The third-order valence-corrected chi connectivity index (χ3v) is 5.46. The van der Waals surface area contributed by atoms with Crippen LogP contribution in [0.2, 0.25) is 0 Å². The Hall–Kier alpha value is -3.12. The second kappa shape index (κ2) is 10.8. The lowest BCUT2D eigenvalue weighted by Crippen LogP contribution is -2.30. The smallest absolute Gasteiger partial charge is 0.262 e. The first-order valence-corrected chi connectivity index (χ1v) is 11.0. The summed E-state index contributed by atoms with van der Waals surface area (Å²) in [6.45, 7) is 5.01. The number of ether oxygens (including phenoxy) is 1. The maximum absolute atomic E-state index is 12.5. The van der Waals surface area contributed by atoms with Gasteiger partial charge >= 0.3 is 0 Å². The van der Waals surface area contributed by atoms with Crippen molar-refractivity contribution in [2.45, 2.75) is 13.8 Å². The van der Waals surface area contributed by atoms with Gasteiger partial charge in [-0.2, -0.15) is 0 Å². The number of halogens is 1. The van der Waals surface area contributed by atoms with Gasteiger partial charge in [0.1, 0.15) is 5.75 Å². The van der Waals surface area contributed by atoms with E-state index in [0.717, 1.165) is 15.6 Å². The number of carbonyl (C=O) groups is 2. The number of carbonyl (C=O) groups excluding carboxylic acids is 2. The second-order valence-electron chi connectivity index (χ2n) is 6.91. The second-order valence-corrected chi connectivity index (χ2v) is 7.76. The fraction of sp³-hybridized carbons (Fsp3) is 0.200. The normalized spacial score (nSPS) is 10.4. The zero-order chi connectivity index (χ0) is 22.2. The molecule has 1 N–H and O–H groups in total. The highest BCUT2D eigenvalue weighted by atomic mass is 79.9. The molecular formula is C25H25BrN2O3. The minimum Gasteiger partial charge on any atom is -0.483 e. The first-order valence-electron chi connectivity index (χ1n) is 10.2. The number of anilines is 1. The van der Waals surface area contributed by atoms with Crippen LogP contribution in [0.3, 0.4) is 0 Å². The zero-order valence-electron chi connectivity index (χ0n) is 17.6. The highest BCUT2D eigenvalue weighted by Crippen LogP contribution is 2.30. The topological polar surface area (TPSA) is 58.6 Å². The predicted molar refractivity (Wildman–Crippen MR) is 127 cm³/mol. The van der Waals surface area contributed by atoms with Crippen molar-refractivity contribution in [3.8, 4) is 16.9 Å². The molecular weight excluding hydrogens is 456 g/mol. The Bertz CT molecular complexity index is 1050. The van der Waals surface area contributed by atoms with Gasteiger partial charge in [0.05, 0.1) is 4.47 Å². The van der Waals surface area contributed by atoms with E-state index in [4.69, 9.17) is 4.74 Å². The lowest BCUT2D eigenvalue weighted by atomic mass is 10.1. The number of amides is 2. The van der Waals surface area contributed by atoms with Crippen LogP contribution >= 0.6 is 15.9 Å². The molecule has 0 fully saturated rings. The average Bonchev–Trinajstić information content (AvgIpc) is 2.79. The minimum atomic E-state index is -0.300.